The predicted octanol–water partition coefficient (Wildman–Crippen LogP) is 2.42. The van der Waals surface area contributed by atoms with Crippen molar-refractivity contribution in [3.8, 4) is 6.07 Å². The Hall–Kier alpha value is -0.270. The molecule has 2 nitrogen and oxygen atoms in total. The lowest BCUT2D eigenvalue weighted by molar-refractivity contribution is 0.898. The molecular formula is C6H4Br2N2. The number of hydrogen-bond acceptors (Lipinski definition) is 1. The lowest BCUT2D eigenvalue weighted by Crippen LogP contribution is -1.81. The van der Waals surface area contributed by atoms with E-state index < -0.39 is 0 Å². The van der Waals surface area contributed by atoms with Gasteiger partial charge in [-0.15, -0.1) is 0 Å². The Morgan fingerprint density at radius 3 is 2.40 bits per heavy atom. The maximum atomic E-state index is 8.54. The van der Waals surface area contributed by atoms with Gasteiger partial charge in [0.05, 0.1) is 10.0 Å². The van der Waals surface area contributed by atoms with E-state index in [-0.39, 0.29) is 0 Å². The van der Waals surface area contributed by atoms with Gasteiger partial charge in [0.2, 0.25) is 0 Å². The van der Waals surface area contributed by atoms with Gasteiger partial charge in [0.25, 0.3) is 0 Å². The molecule has 0 unspecified atom stereocenters. The summed E-state index contributed by atoms with van der Waals surface area (Å²) in [5, 5.41) is 8.54. The molecule has 0 aliphatic heterocycles. The minimum atomic E-state index is 0.648. The molecule has 0 aliphatic carbocycles. The monoisotopic (exact) mass is 262 g/mol. The van der Waals surface area contributed by atoms with Crippen molar-refractivity contribution >= 4 is 31.9 Å². The van der Waals surface area contributed by atoms with Gasteiger partial charge in [0.1, 0.15) is 10.7 Å². The summed E-state index contributed by atoms with van der Waals surface area (Å²) >= 11 is 6.58. The number of nitriles is 1. The third-order valence-corrected chi connectivity index (χ3v) is 3.46. The highest BCUT2D eigenvalue weighted by Crippen LogP contribution is 2.27. The second-order valence-electron chi connectivity index (χ2n) is 1.87. The summed E-state index contributed by atoms with van der Waals surface area (Å²) < 4.78 is 3.55. The molecule has 0 amide bonds. The number of halogens is 2. The lowest BCUT2D eigenvalue weighted by Gasteiger charge is -1.89. The minimum absolute atomic E-state index is 0.648. The zero-order chi connectivity index (χ0) is 7.72. The van der Waals surface area contributed by atoms with E-state index in [4.69, 9.17) is 5.26 Å². The fraction of sp³-hybridized carbons (Fsp3) is 0.167. The third kappa shape index (κ3) is 1.11. The second kappa shape index (κ2) is 2.77. The van der Waals surface area contributed by atoms with E-state index in [1.165, 1.54) is 0 Å². The van der Waals surface area contributed by atoms with Crippen LogP contribution in [0.15, 0.2) is 15.3 Å². The van der Waals surface area contributed by atoms with Crippen molar-refractivity contribution in [3.05, 3.63) is 20.8 Å². The average Bonchev–Trinajstić information content (AvgIpc) is 2.17. The van der Waals surface area contributed by atoms with Crippen molar-refractivity contribution in [2.24, 2.45) is 7.05 Å². The van der Waals surface area contributed by atoms with Gasteiger partial charge >= 0.3 is 0 Å². The van der Waals surface area contributed by atoms with Gasteiger partial charge in [0, 0.05) is 13.2 Å². The zero-order valence-electron chi connectivity index (χ0n) is 5.23. The van der Waals surface area contributed by atoms with E-state index in [9.17, 15) is 0 Å². The zero-order valence-corrected chi connectivity index (χ0v) is 8.40. The van der Waals surface area contributed by atoms with Crippen molar-refractivity contribution in [2.75, 3.05) is 0 Å². The first kappa shape index (κ1) is 7.83. The maximum absolute atomic E-state index is 8.54. The van der Waals surface area contributed by atoms with Crippen LogP contribution in [0.1, 0.15) is 5.56 Å². The molecule has 0 aliphatic rings. The van der Waals surface area contributed by atoms with Crippen molar-refractivity contribution in [2.45, 2.75) is 0 Å². The molecule has 1 aromatic heterocycles. The Kier molecular flexibility index (Phi) is 2.17. The van der Waals surface area contributed by atoms with Gasteiger partial charge in [-0.2, -0.15) is 5.26 Å². The number of hydrogen-bond donors (Lipinski definition) is 0. The number of aryl methyl sites for hydroxylation is 1. The fourth-order valence-corrected chi connectivity index (χ4v) is 1.44. The average molecular weight is 264 g/mol. The van der Waals surface area contributed by atoms with Gasteiger partial charge in [-0.05, 0) is 31.9 Å². The highest BCUT2D eigenvalue weighted by atomic mass is 79.9. The van der Waals surface area contributed by atoms with Gasteiger partial charge in [0.15, 0.2) is 0 Å². The molecule has 0 fully saturated rings. The van der Waals surface area contributed by atoms with Gasteiger partial charge in [-0.1, -0.05) is 0 Å². The molecule has 0 N–H and O–H groups in total. The largest absolute Gasteiger partial charge is 0.343 e. The van der Waals surface area contributed by atoms with Crippen LogP contribution in [0, 0.1) is 11.3 Å². The van der Waals surface area contributed by atoms with Crippen molar-refractivity contribution in [1.82, 2.24) is 4.57 Å². The Morgan fingerprint density at radius 2 is 2.20 bits per heavy atom. The van der Waals surface area contributed by atoms with E-state index in [0.29, 0.717) is 5.56 Å². The second-order valence-corrected chi connectivity index (χ2v) is 3.41. The van der Waals surface area contributed by atoms with Crippen molar-refractivity contribution < 1.29 is 0 Å². The van der Waals surface area contributed by atoms with Crippen molar-refractivity contribution in [1.29, 1.82) is 5.26 Å². The summed E-state index contributed by atoms with van der Waals surface area (Å²) in [5.74, 6) is 0. The minimum Gasteiger partial charge on any atom is -0.343 e. The molecule has 4 heteroatoms. The quantitative estimate of drug-likeness (QED) is 0.707. The third-order valence-electron chi connectivity index (χ3n) is 1.17. The maximum Gasteiger partial charge on any atom is 0.102 e. The first-order valence-electron chi connectivity index (χ1n) is 2.57. The van der Waals surface area contributed by atoms with E-state index in [2.05, 4.69) is 37.9 Å². The Balaban J connectivity index is 3.34. The van der Waals surface area contributed by atoms with Crippen LogP contribution in [-0.2, 0) is 7.05 Å². The molecular weight excluding hydrogens is 260 g/mol. The SMILES string of the molecule is Cn1cc(C#N)c(Br)c1Br. The Labute approximate surface area is 75.7 Å². The summed E-state index contributed by atoms with van der Waals surface area (Å²) in [6.07, 6.45) is 1.76. The summed E-state index contributed by atoms with van der Waals surface area (Å²) in [6, 6.07) is 2.06. The van der Waals surface area contributed by atoms with E-state index in [1.807, 2.05) is 11.6 Å². The molecule has 1 aromatic rings. The van der Waals surface area contributed by atoms with E-state index in [0.717, 1.165) is 9.08 Å². The van der Waals surface area contributed by atoms with Crippen LogP contribution in [0.2, 0.25) is 0 Å². The molecule has 52 valence electrons. The molecule has 0 bridgehead atoms. The Bertz CT molecular complexity index is 295. The number of aromatic nitrogens is 1. The van der Waals surface area contributed by atoms with Crippen LogP contribution < -0.4 is 0 Å². The van der Waals surface area contributed by atoms with Crippen LogP contribution in [-0.4, -0.2) is 4.57 Å². The molecule has 1 heterocycles. The van der Waals surface area contributed by atoms with Crippen LogP contribution in [0.5, 0.6) is 0 Å². The summed E-state index contributed by atoms with van der Waals surface area (Å²) in [6.45, 7) is 0. The topological polar surface area (TPSA) is 28.7 Å². The van der Waals surface area contributed by atoms with Gasteiger partial charge < -0.3 is 4.57 Å². The smallest absolute Gasteiger partial charge is 0.102 e. The number of rotatable bonds is 0. The molecule has 0 atom stereocenters. The highest BCUT2D eigenvalue weighted by Gasteiger charge is 2.07. The highest BCUT2D eigenvalue weighted by molar-refractivity contribution is 9.13. The molecule has 0 saturated carbocycles. The van der Waals surface area contributed by atoms with Crippen LogP contribution in [0.25, 0.3) is 0 Å². The van der Waals surface area contributed by atoms with Crippen LogP contribution in [0.3, 0.4) is 0 Å². The molecule has 0 spiro atoms. The fourth-order valence-electron chi connectivity index (χ4n) is 0.651. The Morgan fingerprint density at radius 1 is 1.60 bits per heavy atom. The van der Waals surface area contributed by atoms with Gasteiger partial charge in [-0.25, -0.2) is 0 Å². The first-order chi connectivity index (χ1) is 4.66. The molecule has 0 radical (unpaired) electrons. The van der Waals surface area contributed by atoms with Gasteiger partial charge in [-0.3, -0.25) is 0 Å². The van der Waals surface area contributed by atoms with Crippen LogP contribution in [0.4, 0.5) is 0 Å². The van der Waals surface area contributed by atoms with Crippen LogP contribution >= 0.6 is 31.9 Å². The molecule has 0 saturated heterocycles. The van der Waals surface area contributed by atoms with Crippen molar-refractivity contribution in [3.63, 3.8) is 0 Å². The summed E-state index contributed by atoms with van der Waals surface area (Å²) in [7, 11) is 1.87. The lowest BCUT2D eigenvalue weighted by atomic mass is 10.4. The number of nitrogens with zero attached hydrogens (tertiary/aromatic N) is 2. The van der Waals surface area contributed by atoms with E-state index in [1.54, 1.807) is 6.20 Å². The molecule has 10 heavy (non-hydrogen) atoms. The predicted molar refractivity (Wildman–Crippen MR) is 45.5 cm³/mol. The standard InChI is InChI=1S/C6H4Br2N2/c1-10-3-4(2-9)5(7)6(10)8/h3H,1H3. The van der Waals surface area contributed by atoms with E-state index >= 15 is 0 Å². The molecule has 1 rings (SSSR count). The first-order valence-corrected chi connectivity index (χ1v) is 4.16. The summed E-state index contributed by atoms with van der Waals surface area (Å²) in [4.78, 5) is 0. The normalized spacial score (nSPS) is 9.40. The summed E-state index contributed by atoms with van der Waals surface area (Å²) in [5.41, 5.74) is 0.648. The molecule has 0 aromatic carbocycles.